The van der Waals surface area contributed by atoms with E-state index in [4.69, 9.17) is 16.3 Å². The number of carbonyl (C=O) groups excluding carboxylic acids is 1. The Labute approximate surface area is 102 Å². The molecule has 0 spiro atoms. The normalized spacial score (nSPS) is 10.1. The van der Waals surface area contributed by atoms with Gasteiger partial charge in [0.2, 0.25) is 0 Å². The highest BCUT2D eigenvalue weighted by Gasteiger charge is 2.06. The topological polar surface area (TPSA) is 26.3 Å². The number of carbonyl (C=O) groups is 1. The number of benzene rings is 1. The number of ether oxygens (including phenoxy) is 1. The van der Waals surface area contributed by atoms with Crippen LogP contribution in [0.2, 0.25) is 5.02 Å². The van der Waals surface area contributed by atoms with Crippen molar-refractivity contribution in [3.63, 3.8) is 0 Å². The second-order valence-electron chi connectivity index (χ2n) is 3.16. The predicted octanol–water partition coefficient (Wildman–Crippen LogP) is 3.76. The van der Waals surface area contributed by atoms with E-state index in [2.05, 4.69) is 0 Å². The van der Waals surface area contributed by atoms with Crippen LogP contribution < -0.4 is 0 Å². The number of hydrogen-bond acceptors (Lipinski definition) is 3. The summed E-state index contributed by atoms with van der Waals surface area (Å²) in [4.78, 5) is 12.6. The summed E-state index contributed by atoms with van der Waals surface area (Å²) in [6, 6.07) is 10.5. The van der Waals surface area contributed by atoms with E-state index in [0.29, 0.717) is 17.2 Å². The maximum absolute atomic E-state index is 11.6. The Morgan fingerprint density at radius 2 is 2.00 bits per heavy atom. The second kappa shape index (κ2) is 5.14. The van der Waals surface area contributed by atoms with Crippen molar-refractivity contribution in [2.24, 2.45) is 0 Å². The van der Waals surface area contributed by atoms with Gasteiger partial charge < -0.3 is 4.74 Å². The zero-order valence-electron chi connectivity index (χ0n) is 8.35. The number of rotatable bonds is 3. The standard InChI is InChI=1S/C12H9ClO2S/c13-10-5-3-9(4-6-10)12(14)15-8-11-2-1-7-16-11/h1-7H,8H2. The first-order chi connectivity index (χ1) is 7.75. The number of thiophene rings is 1. The largest absolute Gasteiger partial charge is 0.456 e. The van der Waals surface area contributed by atoms with Crippen molar-refractivity contribution in [2.45, 2.75) is 6.61 Å². The van der Waals surface area contributed by atoms with Crippen molar-refractivity contribution in [3.05, 3.63) is 57.2 Å². The first-order valence-corrected chi connectivity index (χ1v) is 5.96. The highest BCUT2D eigenvalue weighted by Crippen LogP contribution is 2.13. The second-order valence-corrected chi connectivity index (χ2v) is 4.63. The van der Waals surface area contributed by atoms with Crippen molar-refractivity contribution >= 4 is 28.9 Å². The summed E-state index contributed by atoms with van der Waals surface area (Å²) in [5.74, 6) is -0.329. The molecule has 0 saturated carbocycles. The maximum Gasteiger partial charge on any atom is 0.338 e. The molecule has 4 heteroatoms. The Morgan fingerprint density at radius 1 is 1.25 bits per heavy atom. The van der Waals surface area contributed by atoms with Gasteiger partial charge in [-0.3, -0.25) is 0 Å². The van der Waals surface area contributed by atoms with Gasteiger partial charge in [0, 0.05) is 9.90 Å². The van der Waals surface area contributed by atoms with Crippen LogP contribution in [0.3, 0.4) is 0 Å². The lowest BCUT2D eigenvalue weighted by molar-refractivity contribution is 0.0477. The van der Waals surface area contributed by atoms with E-state index in [1.165, 1.54) is 0 Å². The molecule has 2 aromatic rings. The summed E-state index contributed by atoms with van der Waals surface area (Å²) in [6.45, 7) is 0.319. The fourth-order valence-corrected chi connectivity index (χ4v) is 1.94. The number of hydrogen-bond donors (Lipinski definition) is 0. The van der Waals surface area contributed by atoms with Gasteiger partial charge in [0.05, 0.1) is 5.56 Å². The molecule has 1 heterocycles. The van der Waals surface area contributed by atoms with E-state index in [9.17, 15) is 4.79 Å². The Morgan fingerprint density at radius 3 is 2.62 bits per heavy atom. The molecular formula is C12H9ClO2S. The van der Waals surface area contributed by atoms with Crippen molar-refractivity contribution in [1.29, 1.82) is 0 Å². The third-order valence-electron chi connectivity index (χ3n) is 2.01. The Bertz CT molecular complexity index is 462. The van der Waals surface area contributed by atoms with Gasteiger partial charge in [-0.05, 0) is 35.7 Å². The highest BCUT2D eigenvalue weighted by molar-refractivity contribution is 7.09. The molecule has 82 valence electrons. The lowest BCUT2D eigenvalue weighted by Gasteiger charge is -2.02. The highest BCUT2D eigenvalue weighted by atomic mass is 35.5. The monoisotopic (exact) mass is 252 g/mol. The minimum atomic E-state index is -0.329. The average molecular weight is 253 g/mol. The van der Waals surface area contributed by atoms with Gasteiger partial charge in [-0.1, -0.05) is 17.7 Å². The zero-order valence-corrected chi connectivity index (χ0v) is 9.92. The van der Waals surface area contributed by atoms with Gasteiger partial charge in [-0.2, -0.15) is 0 Å². The Balaban J connectivity index is 1.95. The van der Waals surface area contributed by atoms with E-state index in [1.54, 1.807) is 35.6 Å². The molecule has 0 amide bonds. The van der Waals surface area contributed by atoms with Crippen LogP contribution >= 0.6 is 22.9 Å². The smallest absolute Gasteiger partial charge is 0.338 e. The molecule has 2 nitrogen and oxygen atoms in total. The summed E-state index contributed by atoms with van der Waals surface area (Å²) < 4.78 is 5.14. The van der Waals surface area contributed by atoms with Crippen LogP contribution in [0.25, 0.3) is 0 Å². The van der Waals surface area contributed by atoms with Crippen molar-refractivity contribution in [1.82, 2.24) is 0 Å². The van der Waals surface area contributed by atoms with E-state index in [1.807, 2.05) is 17.5 Å². The van der Waals surface area contributed by atoms with E-state index in [0.717, 1.165) is 4.88 Å². The molecule has 0 saturated heterocycles. The van der Waals surface area contributed by atoms with Gasteiger partial charge >= 0.3 is 5.97 Å². The van der Waals surface area contributed by atoms with Crippen LogP contribution in [0.15, 0.2) is 41.8 Å². The molecule has 0 aliphatic heterocycles. The minimum Gasteiger partial charge on any atom is -0.456 e. The van der Waals surface area contributed by atoms with Gasteiger partial charge in [0.1, 0.15) is 6.61 Å². The molecular weight excluding hydrogens is 244 g/mol. The summed E-state index contributed by atoms with van der Waals surface area (Å²) >= 11 is 7.29. The molecule has 0 aliphatic carbocycles. The molecule has 1 aromatic heterocycles. The Hall–Kier alpha value is -1.32. The van der Waals surface area contributed by atoms with Gasteiger partial charge in [0.15, 0.2) is 0 Å². The van der Waals surface area contributed by atoms with Crippen LogP contribution in [0.5, 0.6) is 0 Å². The third-order valence-corrected chi connectivity index (χ3v) is 3.11. The van der Waals surface area contributed by atoms with E-state index >= 15 is 0 Å². The first-order valence-electron chi connectivity index (χ1n) is 4.71. The molecule has 0 unspecified atom stereocenters. The van der Waals surface area contributed by atoms with Gasteiger partial charge in [0.25, 0.3) is 0 Å². The van der Waals surface area contributed by atoms with E-state index < -0.39 is 0 Å². The lowest BCUT2D eigenvalue weighted by atomic mass is 10.2. The molecule has 0 atom stereocenters. The fraction of sp³-hybridized carbons (Fsp3) is 0.0833. The lowest BCUT2D eigenvalue weighted by Crippen LogP contribution is -2.04. The third kappa shape index (κ3) is 2.84. The molecule has 0 radical (unpaired) electrons. The quantitative estimate of drug-likeness (QED) is 0.778. The Kier molecular flexibility index (Phi) is 3.59. The average Bonchev–Trinajstić information content (AvgIpc) is 2.80. The SMILES string of the molecule is O=C(OCc1cccs1)c1ccc(Cl)cc1. The molecule has 1 aromatic carbocycles. The van der Waals surface area contributed by atoms with Crippen LogP contribution in [0, 0.1) is 0 Å². The first kappa shape index (κ1) is 11.2. The number of halogens is 1. The molecule has 0 N–H and O–H groups in total. The molecule has 2 rings (SSSR count). The van der Waals surface area contributed by atoms with Crippen LogP contribution in [-0.2, 0) is 11.3 Å². The molecule has 16 heavy (non-hydrogen) atoms. The summed E-state index contributed by atoms with van der Waals surface area (Å²) in [6.07, 6.45) is 0. The van der Waals surface area contributed by atoms with Crippen LogP contribution in [0.1, 0.15) is 15.2 Å². The fourth-order valence-electron chi connectivity index (χ4n) is 1.20. The molecule has 0 aliphatic rings. The summed E-state index contributed by atoms with van der Waals surface area (Å²) in [5.41, 5.74) is 0.515. The van der Waals surface area contributed by atoms with Gasteiger partial charge in [-0.25, -0.2) is 4.79 Å². The van der Waals surface area contributed by atoms with Crippen LogP contribution in [-0.4, -0.2) is 5.97 Å². The van der Waals surface area contributed by atoms with Gasteiger partial charge in [-0.15, -0.1) is 11.3 Å². The zero-order chi connectivity index (χ0) is 11.4. The van der Waals surface area contributed by atoms with Crippen molar-refractivity contribution in [2.75, 3.05) is 0 Å². The minimum absolute atomic E-state index is 0.319. The summed E-state index contributed by atoms with van der Waals surface area (Å²) in [5, 5.41) is 2.56. The number of esters is 1. The van der Waals surface area contributed by atoms with Crippen LogP contribution in [0.4, 0.5) is 0 Å². The predicted molar refractivity (Wildman–Crippen MR) is 64.9 cm³/mol. The maximum atomic E-state index is 11.6. The van der Waals surface area contributed by atoms with E-state index in [-0.39, 0.29) is 5.97 Å². The summed E-state index contributed by atoms with van der Waals surface area (Å²) in [7, 11) is 0. The van der Waals surface area contributed by atoms with Crippen molar-refractivity contribution in [3.8, 4) is 0 Å². The molecule has 0 bridgehead atoms. The molecule has 0 fully saturated rings. The van der Waals surface area contributed by atoms with Crippen molar-refractivity contribution < 1.29 is 9.53 Å².